The molecule has 3 N–H and O–H groups in total. The zero-order chi connectivity index (χ0) is 15.7. The van der Waals surface area contributed by atoms with Gasteiger partial charge in [-0.25, -0.2) is 4.79 Å². The number of benzene rings is 1. The van der Waals surface area contributed by atoms with Crippen LogP contribution in [-0.4, -0.2) is 38.5 Å². The topological polar surface area (TPSA) is 91.0 Å². The molecule has 21 heavy (non-hydrogen) atoms. The number of unbranched alkanes of at least 4 members (excludes halogenated alkanes) is 3. The molecule has 0 aliphatic carbocycles. The van der Waals surface area contributed by atoms with Gasteiger partial charge in [0.2, 0.25) is 0 Å². The second-order valence-electron chi connectivity index (χ2n) is 4.57. The summed E-state index contributed by atoms with van der Waals surface area (Å²) < 4.78 is 15.4. The number of aliphatic hydroxyl groups is 1. The highest BCUT2D eigenvalue weighted by atomic mass is 16.5. The number of nitrogen functional groups attached to an aromatic ring is 1. The normalized spacial score (nSPS) is 10.2. The number of hydrogen-bond acceptors (Lipinski definition) is 6. The number of hydrogen-bond donors (Lipinski definition) is 2. The van der Waals surface area contributed by atoms with Gasteiger partial charge in [0.25, 0.3) is 0 Å². The Morgan fingerprint density at radius 2 is 1.71 bits per heavy atom. The van der Waals surface area contributed by atoms with Crippen molar-refractivity contribution in [3.63, 3.8) is 0 Å². The summed E-state index contributed by atoms with van der Waals surface area (Å²) in [6.07, 6.45) is 3.37. The van der Waals surface area contributed by atoms with Gasteiger partial charge in [-0.2, -0.15) is 0 Å². The number of ether oxygens (including phenoxy) is 3. The van der Waals surface area contributed by atoms with Crippen molar-refractivity contribution in [2.24, 2.45) is 0 Å². The number of nitrogens with two attached hydrogens (primary N) is 1. The predicted molar refractivity (Wildman–Crippen MR) is 79.8 cm³/mol. The van der Waals surface area contributed by atoms with Crippen LogP contribution in [0.15, 0.2) is 12.1 Å². The molecule has 0 atom stereocenters. The molecule has 118 valence electrons. The highest BCUT2D eigenvalue weighted by molar-refractivity contribution is 5.96. The molecular weight excluding hydrogens is 274 g/mol. The highest BCUT2D eigenvalue weighted by Crippen LogP contribution is 2.32. The van der Waals surface area contributed by atoms with E-state index in [0.29, 0.717) is 18.1 Å². The van der Waals surface area contributed by atoms with Gasteiger partial charge in [0.1, 0.15) is 0 Å². The zero-order valence-corrected chi connectivity index (χ0v) is 12.6. The van der Waals surface area contributed by atoms with E-state index >= 15 is 0 Å². The molecule has 0 aliphatic heterocycles. The molecule has 0 radical (unpaired) electrons. The minimum Gasteiger partial charge on any atom is -0.493 e. The summed E-state index contributed by atoms with van der Waals surface area (Å²) in [6.45, 7) is 0.528. The summed E-state index contributed by atoms with van der Waals surface area (Å²) in [5.74, 6) is 0.424. The van der Waals surface area contributed by atoms with Crippen molar-refractivity contribution in [1.82, 2.24) is 0 Å². The molecule has 1 aromatic carbocycles. The van der Waals surface area contributed by atoms with Gasteiger partial charge in [-0.15, -0.1) is 0 Å². The Bertz CT molecular complexity index is 462. The minimum atomic E-state index is -0.476. The van der Waals surface area contributed by atoms with Crippen molar-refractivity contribution < 1.29 is 24.1 Å². The Labute approximate surface area is 124 Å². The van der Waals surface area contributed by atoms with E-state index in [1.807, 2.05) is 0 Å². The van der Waals surface area contributed by atoms with Crippen LogP contribution >= 0.6 is 0 Å². The van der Waals surface area contributed by atoms with Crippen LogP contribution in [0.3, 0.4) is 0 Å². The summed E-state index contributed by atoms with van der Waals surface area (Å²) >= 11 is 0. The summed E-state index contributed by atoms with van der Waals surface area (Å²) in [4.78, 5) is 12.0. The first kappa shape index (κ1) is 17.1. The van der Waals surface area contributed by atoms with Crippen LogP contribution in [0.5, 0.6) is 11.5 Å². The number of anilines is 1. The lowest BCUT2D eigenvalue weighted by Crippen LogP contribution is -2.10. The lowest BCUT2D eigenvalue weighted by atomic mass is 10.1. The van der Waals surface area contributed by atoms with Gasteiger partial charge in [-0.1, -0.05) is 6.42 Å². The fraction of sp³-hybridized carbons (Fsp3) is 0.533. The number of esters is 1. The maximum Gasteiger partial charge on any atom is 0.340 e. The maximum atomic E-state index is 12.0. The van der Waals surface area contributed by atoms with E-state index in [4.69, 9.17) is 25.1 Å². The molecule has 0 bridgehead atoms. The lowest BCUT2D eigenvalue weighted by molar-refractivity contribution is 0.0498. The lowest BCUT2D eigenvalue weighted by Gasteiger charge is -2.12. The first-order valence-corrected chi connectivity index (χ1v) is 6.93. The summed E-state index contributed by atoms with van der Waals surface area (Å²) in [6, 6.07) is 3.05. The minimum absolute atomic E-state index is 0.196. The number of aliphatic hydroxyl groups excluding tert-OH is 1. The average molecular weight is 297 g/mol. The molecule has 0 saturated heterocycles. The van der Waals surface area contributed by atoms with Crippen molar-refractivity contribution in [1.29, 1.82) is 0 Å². The Kier molecular flexibility index (Phi) is 7.39. The molecule has 0 spiro atoms. The third kappa shape index (κ3) is 5.15. The SMILES string of the molecule is COc1cc(N)c(C(=O)OCCCCCCO)cc1OC. The van der Waals surface area contributed by atoms with Gasteiger partial charge in [0, 0.05) is 18.7 Å². The molecule has 1 rings (SSSR count). The number of rotatable bonds is 9. The standard InChI is InChI=1S/C15H23NO5/c1-19-13-9-11(12(16)10-14(13)20-2)15(18)21-8-6-4-3-5-7-17/h9-10,17H,3-8,16H2,1-2H3. The number of carbonyl (C=O) groups excluding carboxylic acids is 1. The second kappa shape index (κ2) is 9.07. The Hall–Kier alpha value is -1.95. The van der Waals surface area contributed by atoms with Crippen LogP contribution in [0.2, 0.25) is 0 Å². The van der Waals surface area contributed by atoms with E-state index in [1.54, 1.807) is 0 Å². The van der Waals surface area contributed by atoms with Gasteiger partial charge >= 0.3 is 5.97 Å². The van der Waals surface area contributed by atoms with Gasteiger partial charge in [0.05, 0.1) is 32.1 Å². The van der Waals surface area contributed by atoms with Gasteiger partial charge in [0.15, 0.2) is 11.5 Å². The van der Waals surface area contributed by atoms with E-state index in [0.717, 1.165) is 25.7 Å². The molecule has 0 saturated carbocycles. The van der Waals surface area contributed by atoms with Crippen LogP contribution in [-0.2, 0) is 4.74 Å². The quantitative estimate of drug-likeness (QED) is 0.411. The van der Waals surface area contributed by atoms with Gasteiger partial charge in [-0.3, -0.25) is 0 Å². The van der Waals surface area contributed by atoms with Crippen LogP contribution in [0.1, 0.15) is 36.0 Å². The summed E-state index contributed by atoms with van der Waals surface area (Å²) in [5.41, 5.74) is 6.38. The highest BCUT2D eigenvalue weighted by Gasteiger charge is 2.16. The summed E-state index contributed by atoms with van der Waals surface area (Å²) in [7, 11) is 2.99. The third-order valence-electron chi connectivity index (χ3n) is 3.06. The van der Waals surface area contributed by atoms with Crippen LogP contribution in [0.4, 0.5) is 5.69 Å². The van der Waals surface area contributed by atoms with Gasteiger partial charge < -0.3 is 25.1 Å². The van der Waals surface area contributed by atoms with Crippen molar-refractivity contribution in [2.45, 2.75) is 25.7 Å². The molecular formula is C15H23NO5. The van der Waals surface area contributed by atoms with Crippen LogP contribution in [0, 0.1) is 0 Å². The first-order chi connectivity index (χ1) is 10.1. The van der Waals surface area contributed by atoms with Crippen LogP contribution < -0.4 is 15.2 Å². The van der Waals surface area contributed by atoms with E-state index in [-0.39, 0.29) is 17.9 Å². The zero-order valence-electron chi connectivity index (χ0n) is 12.6. The molecule has 0 heterocycles. The number of methoxy groups -OCH3 is 2. The van der Waals surface area contributed by atoms with Crippen molar-refractivity contribution in [3.05, 3.63) is 17.7 Å². The molecule has 6 nitrogen and oxygen atoms in total. The fourth-order valence-corrected chi connectivity index (χ4v) is 1.88. The van der Waals surface area contributed by atoms with Crippen molar-refractivity contribution in [2.75, 3.05) is 33.2 Å². The third-order valence-corrected chi connectivity index (χ3v) is 3.06. The molecule has 6 heteroatoms. The Morgan fingerprint density at radius 1 is 1.10 bits per heavy atom. The van der Waals surface area contributed by atoms with E-state index in [1.165, 1.54) is 26.4 Å². The first-order valence-electron chi connectivity index (χ1n) is 6.93. The Morgan fingerprint density at radius 3 is 2.33 bits per heavy atom. The van der Waals surface area contributed by atoms with E-state index in [9.17, 15) is 4.79 Å². The Balaban J connectivity index is 2.57. The predicted octanol–water partition coefficient (Wildman–Crippen LogP) is 2.00. The fourth-order valence-electron chi connectivity index (χ4n) is 1.88. The van der Waals surface area contributed by atoms with Gasteiger partial charge in [-0.05, 0) is 19.3 Å². The average Bonchev–Trinajstić information content (AvgIpc) is 2.50. The molecule has 1 aromatic rings. The van der Waals surface area contributed by atoms with Crippen molar-refractivity contribution >= 4 is 11.7 Å². The van der Waals surface area contributed by atoms with Crippen LogP contribution in [0.25, 0.3) is 0 Å². The van der Waals surface area contributed by atoms with Crippen molar-refractivity contribution in [3.8, 4) is 11.5 Å². The summed E-state index contributed by atoms with van der Waals surface area (Å²) in [5, 5.41) is 8.66. The molecule has 0 unspecified atom stereocenters. The molecule has 0 amide bonds. The molecule has 0 fully saturated rings. The molecule has 0 aliphatic rings. The second-order valence-corrected chi connectivity index (χ2v) is 4.57. The smallest absolute Gasteiger partial charge is 0.340 e. The van der Waals surface area contributed by atoms with E-state index < -0.39 is 5.97 Å². The molecule has 0 aromatic heterocycles. The van der Waals surface area contributed by atoms with E-state index in [2.05, 4.69) is 0 Å². The largest absolute Gasteiger partial charge is 0.493 e. The monoisotopic (exact) mass is 297 g/mol. The number of carbonyl (C=O) groups is 1. The maximum absolute atomic E-state index is 12.0.